The van der Waals surface area contributed by atoms with Crippen LogP contribution in [0.25, 0.3) is 10.9 Å². The van der Waals surface area contributed by atoms with E-state index in [0.717, 1.165) is 31.6 Å². The first-order valence-electron chi connectivity index (χ1n) is 10.5. The van der Waals surface area contributed by atoms with E-state index in [2.05, 4.69) is 50.9 Å². The van der Waals surface area contributed by atoms with Gasteiger partial charge in [-0.2, -0.15) is 0 Å². The van der Waals surface area contributed by atoms with Gasteiger partial charge in [-0.3, -0.25) is 0 Å². The lowest BCUT2D eigenvalue weighted by atomic mass is 9.72. The van der Waals surface area contributed by atoms with Crippen molar-refractivity contribution in [2.24, 2.45) is 5.92 Å². The van der Waals surface area contributed by atoms with Crippen LogP contribution in [0.5, 0.6) is 0 Å². The average molecular weight is 393 g/mol. The Morgan fingerprint density at radius 2 is 2.24 bits per heavy atom. The summed E-state index contributed by atoms with van der Waals surface area (Å²) in [6, 6.07) is 7.22. The molecule has 1 aromatic carbocycles. The van der Waals surface area contributed by atoms with Crippen molar-refractivity contribution in [2.75, 3.05) is 20.2 Å². The number of H-pyrrole nitrogens is 1. The van der Waals surface area contributed by atoms with Crippen molar-refractivity contribution in [3.8, 4) is 0 Å². The number of piperidine rings is 1. The molecule has 29 heavy (non-hydrogen) atoms. The summed E-state index contributed by atoms with van der Waals surface area (Å²) in [6.45, 7) is 6.08. The zero-order valence-electron chi connectivity index (χ0n) is 17.3. The van der Waals surface area contributed by atoms with E-state index in [4.69, 9.17) is 4.74 Å². The zero-order chi connectivity index (χ0) is 20.1. The third-order valence-electron chi connectivity index (χ3n) is 6.84. The molecule has 1 fully saturated rings. The lowest BCUT2D eigenvalue weighted by Gasteiger charge is -2.45. The van der Waals surface area contributed by atoms with Crippen LogP contribution < -0.4 is 0 Å². The van der Waals surface area contributed by atoms with Crippen molar-refractivity contribution in [3.05, 3.63) is 53.2 Å². The highest BCUT2D eigenvalue weighted by molar-refractivity contribution is 5.89. The molecule has 1 aliphatic heterocycles. The molecule has 5 rings (SSSR count). The zero-order valence-corrected chi connectivity index (χ0v) is 17.3. The van der Waals surface area contributed by atoms with Crippen LogP contribution in [0.15, 0.2) is 30.7 Å². The number of rotatable bonds is 4. The van der Waals surface area contributed by atoms with E-state index in [-0.39, 0.29) is 5.97 Å². The maximum absolute atomic E-state index is 12.1. The third-order valence-corrected chi connectivity index (χ3v) is 6.84. The second-order valence-corrected chi connectivity index (χ2v) is 8.55. The number of aromatic nitrogens is 3. The summed E-state index contributed by atoms with van der Waals surface area (Å²) >= 11 is 0. The Balaban J connectivity index is 1.41. The number of hydrogen-bond donors (Lipinski definition) is 1. The molecule has 2 aromatic heterocycles. The number of hydrogen-bond acceptors (Lipinski definition) is 4. The molecule has 3 heterocycles. The van der Waals surface area contributed by atoms with Gasteiger partial charge < -0.3 is 19.2 Å². The number of nitrogens with one attached hydrogen (secondary N) is 1. The van der Waals surface area contributed by atoms with E-state index in [1.165, 1.54) is 22.0 Å². The van der Waals surface area contributed by atoms with Gasteiger partial charge in [-0.25, -0.2) is 9.78 Å². The highest BCUT2D eigenvalue weighted by atomic mass is 16.5. The molecule has 2 aliphatic rings. The van der Waals surface area contributed by atoms with Gasteiger partial charge in [0.25, 0.3) is 0 Å². The van der Waals surface area contributed by atoms with Crippen LogP contribution in [0.3, 0.4) is 0 Å². The molecule has 0 bridgehead atoms. The number of likely N-dealkylation sites (N-methyl/N-ethyl adjacent to an activating group) is 1. The molecule has 3 aromatic rings. The Morgan fingerprint density at radius 1 is 1.38 bits per heavy atom. The Bertz CT molecular complexity index is 1070. The van der Waals surface area contributed by atoms with Crippen molar-refractivity contribution in [2.45, 2.75) is 45.2 Å². The second kappa shape index (κ2) is 7.02. The quantitative estimate of drug-likeness (QED) is 0.690. The minimum absolute atomic E-state index is 0.330. The number of likely N-dealkylation sites (tertiary alicyclic amines) is 1. The second-order valence-electron chi connectivity index (χ2n) is 8.55. The van der Waals surface area contributed by atoms with E-state index >= 15 is 0 Å². The minimum atomic E-state index is -0.330. The summed E-state index contributed by atoms with van der Waals surface area (Å²) < 4.78 is 7.25. The van der Waals surface area contributed by atoms with Crippen molar-refractivity contribution >= 4 is 16.9 Å². The summed E-state index contributed by atoms with van der Waals surface area (Å²) in [4.78, 5) is 22.4. The lowest BCUT2D eigenvalue weighted by molar-refractivity contribution is 0.0518. The van der Waals surface area contributed by atoms with Crippen molar-refractivity contribution in [1.29, 1.82) is 0 Å². The van der Waals surface area contributed by atoms with Gasteiger partial charge in [0.15, 0.2) is 5.69 Å². The number of fused-ring (bicyclic) bond motifs is 2. The highest BCUT2D eigenvalue weighted by Crippen LogP contribution is 2.44. The Kier molecular flexibility index (Phi) is 4.46. The monoisotopic (exact) mass is 392 g/mol. The number of ether oxygens (including phenoxy) is 1. The van der Waals surface area contributed by atoms with Gasteiger partial charge in [-0.1, -0.05) is 12.1 Å². The van der Waals surface area contributed by atoms with Crippen LogP contribution in [-0.4, -0.2) is 51.6 Å². The Morgan fingerprint density at radius 3 is 3.07 bits per heavy atom. The summed E-state index contributed by atoms with van der Waals surface area (Å²) in [7, 11) is 2.26. The fraction of sp³-hybridized carbons (Fsp3) is 0.478. The first-order valence-corrected chi connectivity index (χ1v) is 10.5. The molecule has 6 heteroatoms. The maximum atomic E-state index is 12.1. The Labute approximate surface area is 170 Å². The number of benzene rings is 1. The minimum Gasteiger partial charge on any atom is -0.461 e. The normalized spacial score (nSPS) is 23.9. The molecule has 0 amide bonds. The van der Waals surface area contributed by atoms with E-state index < -0.39 is 0 Å². The third kappa shape index (κ3) is 2.97. The van der Waals surface area contributed by atoms with Crippen molar-refractivity contribution < 1.29 is 9.53 Å². The highest BCUT2D eigenvalue weighted by Gasteiger charge is 2.39. The number of esters is 1. The van der Waals surface area contributed by atoms with Crippen LogP contribution in [0.1, 0.15) is 46.6 Å². The van der Waals surface area contributed by atoms with Gasteiger partial charge in [0, 0.05) is 47.8 Å². The van der Waals surface area contributed by atoms with Crippen LogP contribution in [0, 0.1) is 12.8 Å². The molecule has 0 spiro atoms. The molecule has 0 saturated carbocycles. The van der Waals surface area contributed by atoms with Gasteiger partial charge in [0.1, 0.15) is 0 Å². The molecule has 1 aliphatic carbocycles. The summed E-state index contributed by atoms with van der Waals surface area (Å²) in [5.74, 6) is 0.725. The molecule has 152 valence electrons. The van der Waals surface area contributed by atoms with Crippen LogP contribution >= 0.6 is 0 Å². The molecular formula is C23H28N4O2. The number of carbonyl (C=O) groups excluding carboxylic acids is 1. The fourth-order valence-corrected chi connectivity index (χ4v) is 5.49. The van der Waals surface area contributed by atoms with Crippen molar-refractivity contribution in [3.63, 3.8) is 0 Å². The first-order chi connectivity index (χ1) is 14.1. The standard InChI is InChI=1S/C23H28N4O2/c1-4-29-23(28)22-14(2)27(13-25-22)12-15-8-18-17-6-5-7-19-21(17)16(10-24-19)9-20(18)26(3)11-15/h5-7,10,13,15,18,20,24H,4,8-9,11-12H2,1-3H3/t15-,18?,20-/m1/s1. The lowest BCUT2D eigenvalue weighted by Crippen LogP contribution is -2.48. The largest absolute Gasteiger partial charge is 0.461 e. The number of imidazole rings is 1. The smallest absolute Gasteiger partial charge is 0.358 e. The molecule has 1 saturated heterocycles. The van der Waals surface area contributed by atoms with Gasteiger partial charge in [0.05, 0.1) is 12.9 Å². The van der Waals surface area contributed by atoms with Gasteiger partial charge in [-0.05, 0) is 56.8 Å². The van der Waals surface area contributed by atoms with E-state index in [0.29, 0.717) is 30.2 Å². The SMILES string of the molecule is CCOC(=O)c1ncn(C[C@@H]2CC3c4cccc5[nH]cc(c45)C[C@H]3N(C)C2)c1C. The summed E-state index contributed by atoms with van der Waals surface area (Å²) in [6.07, 6.45) is 6.25. The molecular weight excluding hydrogens is 364 g/mol. The first kappa shape index (κ1) is 18.4. The van der Waals surface area contributed by atoms with Crippen LogP contribution in [0.2, 0.25) is 0 Å². The molecule has 3 atom stereocenters. The Hall–Kier alpha value is -2.60. The predicted molar refractivity (Wildman–Crippen MR) is 112 cm³/mol. The van der Waals surface area contributed by atoms with E-state index in [1.54, 1.807) is 6.33 Å². The van der Waals surface area contributed by atoms with Crippen molar-refractivity contribution in [1.82, 2.24) is 19.4 Å². The topological polar surface area (TPSA) is 63.1 Å². The predicted octanol–water partition coefficient (Wildman–Crippen LogP) is 3.51. The summed E-state index contributed by atoms with van der Waals surface area (Å²) in [5.41, 5.74) is 5.53. The molecule has 6 nitrogen and oxygen atoms in total. The van der Waals surface area contributed by atoms with Gasteiger partial charge in [-0.15, -0.1) is 0 Å². The van der Waals surface area contributed by atoms with E-state index in [1.807, 2.05) is 13.8 Å². The number of aromatic amines is 1. The van der Waals surface area contributed by atoms with Gasteiger partial charge in [0.2, 0.25) is 0 Å². The van der Waals surface area contributed by atoms with Crippen LogP contribution in [-0.2, 0) is 17.7 Å². The fourth-order valence-electron chi connectivity index (χ4n) is 5.49. The number of nitrogens with zero attached hydrogens (tertiary/aromatic N) is 3. The molecule has 1 unspecified atom stereocenters. The summed E-state index contributed by atoms with van der Waals surface area (Å²) in [5, 5.41) is 1.44. The van der Waals surface area contributed by atoms with Gasteiger partial charge >= 0.3 is 5.97 Å². The maximum Gasteiger partial charge on any atom is 0.358 e. The van der Waals surface area contributed by atoms with E-state index in [9.17, 15) is 4.79 Å². The molecule has 1 N–H and O–H groups in total. The molecule has 0 radical (unpaired) electrons. The average Bonchev–Trinajstić information content (AvgIpc) is 3.28. The van der Waals surface area contributed by atoms with Crippen LogP contribution in [0.4, 0.5) is 0 Å². The number of carbonyl (C=O) groups is 1.